The number of hydrogen-bond acceptors (Lipinski definition) is 4. The number of rotatable bonds is 2. The predicted molar refractivity (Wildman–Crippen MR) is 81.4 cm³/mol. The molecule has 1 aromatic carbocycles. The topological polar surface area (TPSA) is 39.2 Å². The lowest BCUT2D eigenvalue weighted by atomic mass is 10.1. The minimum absolute atomic E-state index is 0.368. The average Bonchev–Trinajstić information content (AvgIpc) is 2.92. The second-order valence-corrected chi connectivity index (χ2v) is 5.88. The molecule has 100 valence electrons. The molecule has 0 fully saturated rings. The quantitative estimate of drug-likeness (QED) is 0.659. The molecule has 0 saturated carbocycles. The fraction of sp³-hybridized carbons (Fsp3) is 0.0667. The van der Waals surface area contributed by atoms with Crippen molar-refractivity contribution >= 4 is 39.8 Å². The van der Waals surface area contributed by atoms with Crippen molar-refractivity contribution in [3.05, 3.63) is 52.4 Å². The first kappa shape index (κ1) is 13.1. The molecule has 0 atom stereocenters. The molecular weight excluding hydrogens is 294 g/mol. The van der Waals surface area contributed by atoms with E-state index in [1.807, 2.05) is 36.4 Å². The molecule has 0 spiro atoms. The Bertz CT molecular complexity index is 797. The Hall–Kier alpha value is -1.91. The van der Waals surface area contributed by atoms with Crippen molar-refractivity contribution in [1.29, 1.82) is 0 Å². The second-order valence-electron chi connectivity index (χ2n) is 4.17. The number of hydrogen-bond donors (Lipinski definition) is 0. The molecule has 0 bridgehead atoms. The zero-order valence-electron chi connectivity index (χ0n) is 10.6. The fourth-order valence-electron chi connectivity index (χ4n) is 2.03. The number of ether oxygens (including phenoxy) is 1. The Morgan fingerprint density at radius 2 is 2.05 bits per heavy atom. The van der Waals surface area contributed by atoms with E-state index in [9.17, 15) is 4.79 Å². The molecule has 3 rings (SSSR count). The SMILES string of the molecule is COC(=O)c1cc(-c2ccc(Cl)s2)nc2ccccc12. The van der Waals surface area contributed by atoms with Crippen molar-refractivity contribution in [3.63, 3.8) is 0 Å². The first-order valence-corrected chi connectivity index (χ1v) is 7.12. The number of methoxy groups -OCH3 is 1. The van der Waals surface area contributed by atoms with E-state index in [4.69, 9.17) is 16.3 Å². The van der Waals surface area contributed by atoms with E-state index in [1.54, 1.807) is 6.07 Å². The molecular formula is C15H10ClNO2S. The predicted octanol–water partition coefficient (Wildman–Crippen LogP) is 4.40. The number of carbonyl (C=O) groups excluding carboxylic acids is 1. The number of thiophene rings is 1. The van der Waals surface area contributed by atoms with Gasteiger partial charge in [0.25, 0.3) is 0 Å². The van der Waals surface area contributed by atoms with Crippen molar-refractivity contribution < 1.29 is 9.53 Å². The van der Waals surface area contributed by atoms with Crippen molar-refractivity contribution in [2.75, 3.05) is 7.11 Å². The standard InChI is InChI=1S/C15H10ClNO2S/c1-19-15(18)10-8-12(13-6-7-14(16)20-13)17-11-5-3-2-4-9(10)11/h2-8H,1H3. The van der Waals surface area contributed by atoms with E-state index in [-0.39, 0.29) is 5.97 Å². The summed E-state index contributed by atoms with van der Waals surface area (Å²) in [7, 11) is 1.37. The van der Waals surface area contributed by atoms with E-state index in [0.29, 0.717) is 9.90 Å². The highest BCUT2D eigenvalue weighted by Crippen LogP contribution is 2.32. The van der Waals surface area contributed by atoms with Crippen LogP contribution in [0.3, 0.4) is 0 Å². The van der Waals surface area contributed by atoms with Gasteiger partial charge in [0.2, 0.25) is 0 Å². The molecule has 0 aliphatic carbocycles. The lowest BCUT2D eigenvalue weighted by Crippen LogP contribution is -2.03. The van der Waals surface area contributed by atoms with E-state index in [0.717, 1.165) is 21.5 Å². The molecule has 0 radical (unpaired) electrons. The van der Waals surface area contributed by atoms with Gasteiger partial charge >= 0.3 is 5.97 Å². The summed E-state index contributed by atoms with van der Waals surface area (Å²) in [6.45, 7) is 0. The Kier molecular flexibility index (Phi) is 3.42. The number of carbonyl (C=O) groups is 1. The molecule has 3 aromatic rings. The summed E-state index contributed by atoms with van der Waals surface area (Å²) >= 11 is 7.39. The number of halogens is 1. The van der Waals surface area contributed by atoms with Crippen LogP contribution in [0, 0.1) is 0 Å². The van der Waals surface area contributed by atoms with Crippen LogP contribution in [0.15, 0.2) is 42.5 Å². The van der Waals surface area contributed by atoms with E-state index >= 15 is 0 Å². The lowest BCUT2D eigenvalue weighted by Gasteiger charge is -2.07. The highest BCUT2D eigenvalue weighted by molar-refractivity contribution is 7.19. The number of benzene rings is 1. The van der Waals surface area contributed by atoms with Crippen molar-refractivity contribution in [1.82, 2.24) is 4.98 Å². The van der Waals surface area contributed by atoms with Crippen LogP contribution < -0.4 is 0 Å². The summed E-state index contributed by atoms with van der Waals surface area (Å²) in [5.41, 5.74) is 1.99. The molecule has 20 heavy (non-hydrogen) atoms. The van der Waals surface area contributed by atoms with Crippen molar-refractivity contribution in [2.45, 2.75) is 0 Å². The van der Waals surface area contributed by atoms with Gasteiger partial charge in [0.1, 0.15) is 0 Å². The zero-order chi connectivity index (χ0) is 14.1. The Balaban J connectivity index is 2.27. The van der Waals surface area contributed by atoms with Crippen molar-refractivity contribution in [2.24, 2.45) is 0 Å². The average molecular weight is 304 g/mol. The summed E-state index contributed by atoms with van der Waals surface area (Å²) in [5, 5.41) is 0.783. The maximum absolute atomic E-state index is 11.9. The monoisotopic (exact) mass is 303 g/mol. The number of pyridine rings is 1. The summed E-state index contributed by atoms with van der Waals surface area (Å²) in [5.74, 6) is -0.368. The van der Waals surface area contributed by atoms with Crippen LogP contribution >= 0.6 is 22.9 Å². The van der Waals surface area contributed by atoms with Crippen molar-refractivity contribution in [3.8, 4) is 10.6 Å². The van der Waals surface area contributed by atoms with Gasteiger partial charge in [-0.1, -0.05) is 29.8 Å². The Morgan fingerprint density at radius 3 is 2.75 bits per heavy atom. The second kappa shape index (κ2) is 5.23. The van der Waals surface area contributed by atoms with E-state index in [2.05, 4.69) is 4.98 Å². The molecule has 0 aliphatic heterocycles. The molecule has 0 unspecified atom stereocenters. The van der Waals surface area contributed by atoms with Gasteiger partial charge in [-0.3, -0.25) is 0 Å². The number of esters is 1. The van der Waals surface area contributed by atoms with Crippen LogP contribution in [0.1, 0.15) is 10.4 Å². The maximum Gasteiger partial charge on any atom is 0.338 e. The first-order valence-electron chi connectivity index (χ1n) is 5.93. The maximum atomic E-state index is 11.9. The molecule has 0 N–H and O–H groups in total. The Morgan fingerprint density at radius 1 is 1.25 bits per heavy atom. The van der Waals surface area contributed by atoms with Gasteiger partial charge in [0.15, 0.2) is 0 Å². The lowest BCUT2D eigenvalue weighted by molar-refractivity contribution is 0.0603. The molecule has 0 amide bonds. The van der Waals surface area contributed by atoms with E-state index in [1.165, 1.54) is 18.4 Å². The van der Waals surface area contributed by atoms with Crippen LogP contribution in [-0.2, 0) is 4.74 Å². The van der Waals surface area contributed by atoms with Gasteiger partial charge in [-0.05, 0) is 24.3 Å². The number of nitrogens with zero attached hydrogens (tertiary/aromatic N) is 1. The minimum atomic E-state index is -0.368. The molecule has 3 nitrogen and oxygen atoms in total. The molecule has 0 aliphatic rings. The van der Waals surface area contributed by atoms with E-state index < -0.39 is 0 Å². The number of aromatic nitrogens is 1. The fourth-order valence-corrected chi connectivity index (χ4v) is 3.04. The van der Waals surface area contributed by atoms with Gasteiger partial charge in [0, 0.05) is 5.39 Å². The third-order valence-corrected chi connectivity index (χ3v) is 4.20. The summed E-state index contributed by atoms with van der Waals surface area (Å²) < 4.78 is 5.54. The van der Waals surface area contributed by atoms with Gasteiger partial charge in [-0.2, -0.15) is 0 Å². The zero-order valence-corrected chi connectivity index (χ0v) is 12.2. The largest absolute Gasteiger partial charge is 0.465 e. The van der Waals surface area contributed by atoms with Gasteiger partial charge in [-0.15, -0.1) is 11.3 Å². The molecule has 5 heteroatoms. The summed E-state index contributed by atoms with van der Waals surface area (Å²) in [6.07, 6.45) is 0. The summed E-state index contributed by atoms with van der Waals surface area (Å²) in [4.78, 5) is 17.4. The van der Waals surface area contributed by atoms with Crippen LogP contribution in [0.4, 0.5) is 0 Å². The molecule has 0 saturated heterocycles. The number of para-hydroxylation sites is 1. The third-order valence-electron chi connectivity index (χ3n) is 2.95. The number of fused-ring (bicyclic) bond motifs is 1. The Labute approximate surface area is 124 Å². The van der Waals surface area contributed by atoms with Crippen LogP contribution in [0.5, 0.6) is 0 Å². The van der Waals surface area contributed by atoms with Crippen LogP contribution in [-0.4, -0.2) is 18.1 Å². The molecule has 2 aromatic heterocycles. The van der Waals surface area contributed by atoms with Gasteiger partial charge in [-0.25, -0.2) is 9.78 Å². The minimum Gasteiger partial charge on any atom is -0.465 e. The van der Waals surface area contributed by atoms with Gasteiger partial charge in [0.05, 0.1) is 33.1 Å². The third kappa shape index (κ3) is 2.28. The van der Waals surface area contributed by atoms with Crippen LogP contribution in [0.25, 0.3) is 21.5 Å². The smallest absolute Gasteiger partial charge is 0.338 e. The first-order chi connectivity index (χ1) is 9.69. The molecule has 2 heterocycles. The highest BCUT2D eigenvalue weighted by atomic mass is 35.5. The normalized spacial score (nSPS) is 10.7. The van der Waals surface area contributed by atoms with Gasteiger partial charge < -0.3 is 4.74 Å². The summed E-state index contributed by atoms with van der Waals surface area (Å²) in [6, 6.07) is 13.0. The highest BCUT2D eigenvalue weighted by Gasteiger charge is 2.14. The van der Waals surface area contributed by atoms with Crippen LogP contribution in [0.2, 0.25) is 4.34 Å².